The third-order valence-electron chi connectivity index (χ3n) is 2.13. The summed E-state index contributed by atoms with van der Waals surface area (Å²) >= 11 is 0. The minimum Gasteiger partial charge on any atom is -0.391 e. The van der Waals surface area contributed by atoms with Crippen LogP contribution in [0.25, 0.3) is 0 Å². The molecule has 1 aliphatic heterocycles. The third-order valence-corrected chi connectivity index (χ3v) is 2.13. The Balaban J connectivity index is 2.72. The molecule has 1 heterocycles. The van der Waals surface area contributed by atoms with E-state index in [-0.39, 0.29) is 0 Å². The average Bonchev–Trinajstić information content (AvgIpc) is 2.07. The average molecular weight is 202 g/mol. The van der Waals surface area contributed by atoms with E-state index in [4.69, 9.17) is 10.2 Å². The van der Waals surface area contributed by atoms with Crippen LogP contribution in [0.2, 0.25) is 0 Å². The molecule has 0 spiro atoms. The summed E-state index contributed by atoms with van der Waals surface area (Å²) < 4.78 is 0. The monoisotopic (exact) mass is 202 g/mol. The quantitative estimate of drug-likeness (QED) is 0.406. The molecule has 2 amide bonds. The first-order valence-corrected chi connectivity index (χ1v) is 4.40. The van der Waals surface area contributed by atoms with Gasteiger partial charge in [-0.2, -0.15) is 0 Å². The molecule has 14 heavy (non-hydrogen) atoms. The van der Waals surface area contributed by atoms with Crippen LogP contribution in [-0.2, 0) is 9.59 Å². The molecule has 6 heteroatoms. The van der Waals surface area contributed by atoms with Gasteiger partial charge in [-0.15, -0.1) is 0 Å². The predicted octanol–water partition coefficient (Wildman–Crippen LogP) is -2.27. The standard InChI is InChI=1S/C8H14N2O4/c1-3(11)5-7(13)10-6(4(2)12)8(14)9-5/h3-6,11-12H,1-2H3,(H,9,14)(H,10,13). The maximum Gasteiger partial charge on any atom is 0.245 e. The lowest BCUT2D eigenvalue weighted by atomic mass is 10.0. The van der Waals surface area contributed by atoms with Crippen molar-refractivity contribution in [1.29, 1.82) is 0 Å². The van der Waals surface area contributed by atoms with Crippen molar-refractivity contribution in [1.82, 2.24) is 10.6 Å². The molecule has 0 aromatic carbocycles. The first-order valence-electron chi connectivity index (χ1n) is 4.40. The molecule has 0 saturated carbocycles. The smallest absolute Gasteiger partial charge is 0.245 e. The molecule has 4 unspecified atom stereocenters. The van der Waals surface area contributed by atoms with Gasteiger partial charge in [0.05, 0.1) is 12.2 Å². The zero-order valence-corrected chi connectivity index (χ0v) is 8.02. The van der Waals surface area contributed by atoms with Crippen molar-refractivity contribution < 1.29 is 19.8 Å². The van der Waals surface area contributed by atoms with E-state index in [0.717, 1.165) is 0 Å². The molecule has 0 aromatic rings. The predicted molar refractivity (Wildman–Crippen MR) is 47.2 cm³/mol. The number of amides is 2. The second-order valence-electron chi connectivity index (χ2n) is 3.45. The first-order chi connectivity index (χ1) is 6.43. The Kier molecular flexibility index (Phi) is 3.07. The SMILES string of the molecule is CC(O)C1NC(=O)C(C(C)O)NC1=O. The summed E-state index contributed by atoms with van der Waals surface area (Å²) in [6.07, 6.45) is -1.90. The van der Waals surface area contributed by atoms with Gasteiger partial charge in [0.2, 0.25) is 11.8 Å². The van der Waals surface area contributed by atoms with Crippen LogP contribution in [-0.4, -0.2) is 46.3 Å². The van der Waals surface area contributed by atoms with Gasteiger partial charge in [-0.3, -0.25) is 9.59 Å². The third kappa shape index (κ3) is 2.02. The Morgan fingerprint density at radius 2 is 1.29 bits per heavy atom. The molecule has 1 fully saturated rings. The fourth-order valence-electron chi connectivity index (χ4n) is 1.30. The molecule has 0 aliphatic carbocycles. The summed E-state index contributed by atoms with van der Waals surface area (Å²) in [5.74, 6) is -0.962. The number of aliphatic hydroxyl groups excluding tert-OH is 2. The van der Waals surface area contributed by atoms with Gasteiger partial charge in [0.15, 0.2) is 0 Å². The van der Waals surface area contributed by atoms with E-state index in [0.29, 0.717) is 0 Å². The number of hydrogen-bond donors (Lipinski definition) is 4. The summed E-state index contributed by atoms with van der Waals surface area (Å²) in [7, 11) is 0. The van der Waals surface area contributed by atoms with Crippen LogP contribution in [0.1, 0.15) is 13.8 Å². The maximum absolute atomic E-state index is 11.3. The molecule has 1 rings (SSSR count). The number of carbonyl (C=O) groups excluding carboxylic acids is 2. The highest BCUT2D eigenvalue weighted by molar-refractivity contribution is 5.97. The van der Waals surface area contributed by atoms with Crippen molar-refractivity contribution >= 4 is 11.8 Å². The second-order valence-corrected chi connectivity index (χ2v) is 3.45. The molecule has 1 saturated heterocycles. The fourth-order valence-corrected chi connectivity index (χ4v) is 1.30. The Bertz CT molecular complexity index is 226. The van der Waals surface area contributed by atoms with Crippen LogP contribution in [0.5, 0.6) is 0 Å². The van der Waals surface area contributed by atoms with Gasteiger partial charge in [0.25, 0.3) is 0 Å². The van der Waals surface area contributed by atoms with Gasteiger partial charge in [0.1, 0.15) is 12.1 Å². The summed E-state index contributed by atoms with van der Waals surface area (Å²) in [6, 6.07) is -1.87. The summed E-state index contributed by atoms with van der Waals surface area (Å²) in [5.41, 5.74) is 0. The molecule has 80 valence electrons. The Hall–Kier alpha value is -1.14. The van der Waals surface area contributed by atoms with Gasteiger partial charge in [0, 0.05) is 0 Å². The molecule has 1 aliphatic rings. The van der Waals surface area contributed by atoms with Crippen molar-refractivity contribution in [2.45, 2.75) is 38.1 Å². The normalized spacial score (nSPS) is 31.7. The van der Waals surface area contributed by atoms with E-state index in [1.165, 1.54) is 13.8 Å². The number of carbonyl (C=O) groups is 2. The molecular formula is C8H14N2O4. The van der Waals surface area contributed by atoms with Crippen molar-refractivity contribution in [3.63, 3.8) is 0 Å². The number of hydrogen-bond acceptors (Lipinski definition) is 4. The minimum absolute atomic E-state index is 0.481. The Morgan fingerprint density at radius 1 is 1.00 bits per heavy atom. The van der Waals surface area contributed by atoms with Gasteiger partial charge in [-0.25, -0.2) is 0 Å². The fraction of sp³-hybridized carbons (Fsp3) is 0.750. The van der Waals surface area contributed by atoms with Crippen LogP contribution >= 0.6 is 0 Å². The number of nitrogens with one attached hydrogen (secondary N) is 2. The molecular weight excluding hydrogens is 188 g/mol. The molecule has 4 N–H and O–H groups in total. The number of rotatable bonds is 2. The van der Waals surface area contributed by atoms with E-state index < -0.39 is 36.1 Å². The lowest BCUT2D eigenvalue weighted by Crippen LogP contribution is -2.67. The molecule has 0 aromatic heterocycles. The van der Waals surface area contributed by atoms with E-state index in [1.54, 1.807) is 0 Å². The number of aliphatic hydroxyl groups is 2. The molecule has 4 atom stereocenters. The van der Waals surface area contributed by atoms with Crippen LogP contribution in [0.3, 0.4) is 0 Å². The zero-order valence-electron chi connectivity index (χ0n) is 8.02. The Labute approximate surface area is 81.3 Å². The van der Waals surface area contributed by atoms with Gasteiger partial charge >= 0.3 is 0 Å². The van der Waals surface area contributed by atoms with Crippen LogP contribution in [0.15, 0.2) is 0 Å². The van der Waals surface area contributed by atoms with E-state index in [9.17, 15) is 9.59 Å². The largest absolute Gasteiger partial charge is 0.391 e. The minimum atomic E-state index is -0.950. The van der Waals surface area contributed by atoms with Crippen LogP contribution in [0, 0.1) is 0 Å². The summed E-state index contributed by atoms with van der Waals surface area (Å²) in [4.78, 5) is 22.6. The van der Waals surface area contributed by atoms with Crippen LogP contribution in [0.4, 0.5) is 0 Å². The topological polar surface area (TPSA) is 98.7 Å². The van der Waals surface area contributed by atoms with Gasteiger partial charge in [-0.05, 0) is 13.8 Å². The molecule has 6 nitrogen and oxygen atoms in total. The van der Waals surface area contributed by atoms with Gasteiger partial charge < -0.3 is 20.8 Å². The van der Waals surface area contributed by atoms with E-state index in [2.05, 4.69) is 10.6 Å². The van der Waals surface area contributed by atoms with E-state index in [1.807, 2.05) is 0 Å². The lowest BCUT2D eigenvalue weighted by molar-refractivity contribution is -0.141. The maximum atomic E-state index is 11.3. The van der Waals surface area contributed by atoms with Crippen LogP contribution < -0.4 is 10.6 Å². The number of piperazine rings is 1. The highest BCUT2D eigenvalue weighted by atomic mass is 16.3. The van der Waals surface area contributed by atoms with Gasteiger partial charge in [-0.1, -0.05) is 0 Å². The zero-order chi connectivity index (χ0) is 10.9. The second kappa shape index (κ2) is 3.93. The highest BCUT2D eigenvalue weighted by Gasteiger charge is 2.37. The lowest BCUT2D eigenvalue weighted by Gasteiger charge is -2.32. The van der Waals surface area contributed by atoms with Crippen molar-refractivity contribution in [3.8, 4) is 0 Å². The van der Waals surface area contributed by atoms with Crippen molar-refractivity contribution in [2.24, 2.45) is 0 Å². The molecule has 0 bridgehead atoms. The summed E-state index contributed by atoms with van der Waals surface area (Å²) in [5, 5.41) is 23.0. The van der Waals surface area contributed by atoms with Crippen molar-refractivity contribution in [3.05, 3.63) is 0 Å². The van der Waals surface area contributed by atoms with Crippen molar-refractivity contribution in [2.75, 3.05) is 0 Å². The highest BCUT2D eigenvalue weighted by Crippen LogP contribution is 2.04. The van der Waals surface area contributed by atoms with E-state index >= 15 is 0 Å². The Morgan fingerprint density at radius 3 is 1.50 bits per heavy atom. The summed E-state index contributed by atoms with van der Waals surface area (Å²) in [6.45, 7) is 2.82. The molecule has 0 radical (unpaired) electrons. The first kappa shape index (κ1) is 10.9.